The minimum absolute atomic E-state index is 0.742. The zero-order valence-electron chi connectivity index (χ0n) is 16.0. The lowest BCUT2D eigenvalue weighted by atomic mass is 10.1. The molecule has 0 unspecified atom stereocenters. The first-order valence-corrected chi connectivity index (χ1v) is 9.24. The molecule has 140 valence electrons. The Kier molecular flexibility index (Phi) is 3.71. The maximum atomic E-state index is 4.73. The highest BCUT2D eigenvalue weighted by molar-refractivity contribution is 5.88. The highest BCUT2D eigenvalue weighted by atomic mass is 15.3. The number of hydrogen-bond acceptors (Lipinski definition) is 5. The number of hydrogen-bond donors (Lipinski definition) is 0. The average Bonchev–Trinajstić information content (AvgIpc) is 3.37. The van der Waals surface area contributed by atoms with Crippen LogP contribution in [0.25, 0.3) is 22.4 Å². The van der Waals surface area contributed by atoms with Crippen LogP contribution in [0.5, 0.6) is 0 Å². The summed E-state index contributed by atoms with van der Waals surface area (Å²) in [4.78, 5) is 9.14. The van der Waals surface area contributed by atoms with Gasteiger partial charge in [0.2, 0.25) is 0 Å². The highest BCUT2D eigenvalue weighted by Crippen LogP contribution is 2.20. The molecule has 0 bridgehead atoms. The molecule has 0 aliphatic rings. The Balaban J connectivity index is 1.45. The van der Waals surface area contributed by atoms with Crippen LogP contribution >= 0.6 is 0 Å². The first-order valence-electron chi connectivity index (χ1n) is 9.24. The van der Waals surface area contributed by atoms with Crippen molar-refractivity contribution in [3.05, 3.63) is 65.6 Å². The van der Waals surface area contributed by atoms with Gasteiger partial charge >= 0.3 is 0 Å². The number of benzene rings is 1. The van der Waals surface area contributed by atoms with Crippen molar-refractivity contribution in [3.63, 3.8) is 0 Å². The molecule has 0 aliphatic carbocycles. The molecule has 0 amide bonds. The van der Waals surface area contributed by atoms with Crippen LogP contribution in [-0.2, 0) is 19.9 Å². The van der Waals surface area contributed by atoms with E-state index in [9.17, 15) is 0 Å². The number of nitrogens with zero attached hydrogens (tertiary/aromatic N) is 8. The number of fused-ring (bicyclic) bond motifs is 3. The summed E-state index contributed by atoms with van der Waals surface area (Å²) in [6, 6.07) is 10.2. The van der Waals surface area contributed by atoms with E-state index >= 15 is 0 Å². The molecule has 8 heteroatoms. The van der Waals surface area contributed by atoms with E-state index in [1.807, 2.05) is 29.9 Å². The van der Waals surface area contributed by atoms with Gasteiger partial charge in [-0.3, -0.25) is 4.68 Å². The SMILES string of the molecule is Cc1nn(-c2ccccc2)c(C)c1CCc1nc2c3cnn(C)c3ncn2n1. The third-order valence-corrected chi connectivity index (χ3v) is 5.15. The topological polar surface area (TPSA) is 78.7 Å². The molecule has 0 atom stereocenters. The van der Waals surface area contributed by atoms with Crippen molar-refractivity contribution >= 4 is 16.7 Å². The standard InChI is InChI=1S/C20H20N8/c1-13-16(14(2)28(24-13)15-7-5-4-6-8-15)9-10-18-23-20-17-11-22-26(3)19(17)21-12-27(20)25-18/h4-8,11-12H,9-10H2,1-3H3. The predicted octanol–water partition coefficient (Wildman–Crippen LogP) is 2.60. The number of aromatic nitrogens is 8. The number of rotatable bonds is 4. The largest absolute Gasteiger partial charge is 0.250 e. The summed E-state index contributed by atoms with van der Waals surface area (Å²) in [6.07, 6.45) is 5.06. The zero-order chi connectivity index (χ0) is 19.3. The van der Waals surface area contributed by atoms with E-state index < -0.39 is 0 Å². The summed E-state index contributed by atoms with van der Waals surface area (Å²) < 4.78 is 5.48. The van der Waals surface area contributed by atoms with Crippen LogP contribution < -0.4 is 0 Å². The maximum Gasteiger partial charge on any atom is 0.170 e. The van der Waals surface area contributed by atoms with Crippen molar-refractivity contribution in [1.29, 1.82) is 0 Å². The van der Waals surface area contributed by atoms with E-state index in [2.05, 4.69) is 41.2 Å². The molecule has 1 aromatic carbocycles. The predicted molar refractivity (Wildman–Crippen MR) is 106 cm³/mol. The van der Waals surface area contributed by atoms with Gasteiger partial charge in [-0.05, 0) is 38.0 Å². The molecule has 5 rings (SSSR count). The molecule has 8 nitrogen and oxygen atoms in total. The molecular weight excluding hydrogens is 352 g/mol. The van der Waals surface area contributed by atoms with Gasteiger partial charge in [-0.1, -0.05) is 18.2 Å². The molecule has 0 saturated heterocycles. The van der Waals surface area contributed by atoms with Crippen molar-refractivity contribution in [3.8, 4) is 5.69 Å². The monoisotopic (exact) mass is 372 g/mol. The first-order chi connectivity index (χ1) is 13.6. The van der Waals surface area contributed by atoms with E-state index in [1.54, 1.807) is 21.7 Å². The van der Waals surface area contributed by atoms with Crippen LogP contribution in [0.1, 0.15) is 22.8 Å². The lowest BCUT2D eigenvalue weighted by Gasteiger charge is -2.04. The Hall–Kier alpha value is -3.55. The molecule has 4 aromatic heterocycles. The Labute approximate surface area is 161 Å². The summed E-state index contributed by atoms with van der Waals surface area (Å²) in [5, 5.41) is 14.5. The van der Waals surface area contributed by atoms with Gasteiger partial charge in [0.1, 0.15) is 6.33 Å². The Morgan fingerprint density at radius 1 is 0.964 bits per heavy atom. The Bertz CT molecular complexity index is 1290. The molecule has 28 heavy (non-hydrogen) atoms. The quantitative estimate of drug-likeness (QED) is 0.484. The Morgan fingerprint density at radius 3 is 2.61 bits per heavy atom. The second-order valence-electron chi connectivity index (χ2n) is 6.94. The van der Waals surface area contributed by atoms with Crippen molar-refractivity contribution in [2.75, 3.05) is 0 Å². The van der Waals surface area contributed by atoms with Crippen LogP contribution in [-0.4, -0.2) is 39.1 Å². The van der Waals surface area contributed by atoms with E-state index in [-0.39, 0.29) is 0 Å². The van der Waals surface area contributed by atoms with Crippen LogP contribution in [0.3, 0.4) is 0 Å². The summed E-state index contributed by atoms with van der Waals surface area (Å²) >= 11 is 0. The smallest absolute Gasteiger partial charge is 0.170 e. The van der Waals surface area contributed by atoms with Gasteiger partial charge < -0.3 is 0 Å². The van der Waals surface area contributed by atoms with Gasteiger partial charge in [-0.25, -0.2) is 19.2 Å². The van der Waals surface area contributed by atoms with Gasteiger partial charge in [0.25, 0.3) is 0 Å². The minimum atomic E-state index is 0.742. The van der Waals surface area contributed by atoms with Crippen molar-refractivity contribution in [2.24, 2.45) is 7.05 Å². The van der Waals surface area contributed by atoms with Gasteiger partial charge in [0.05, 0.1) is 23.0 Å². The number of aryl methyl sites for hydroxylation is 3. The molecule has 0 aliphatic heterocycles. The van der Waals surface area contributed by atoms with Crippen LogP contribution in [0, 0.1) is 13.8 Å². The second-order valence-corrected chi connectivity index (χ2v) is 6.94. The highest BCUT2D eigenvalue weighted by Gasteiger charge is 2.15. The van der Waals surface area contributed by atoms with Gasteiger partial charge in [0, 0.05) is 19.2 Å². The molecule has 0 saturated carbocycles. The van der Waals surface area contributed by atoms with Gasteiger partial charge in [-0.2, -0.15) is 10.2 Å². The minimum Gasteiger partial charge on any atom is -0.250 e. The molecule has 0 radical (unpaired) electrons. The van der Waals surface area contributed by atoms with E-state index in [4.69, 9.17) is 10.1 Å². The van der Waals surface area contributed by atoms with Crippen LogP contribution in [0.2, 0.25) is 0 Å². The van der Waals surface area contributed by atoms with E-state index in [0.29, 0.717) is 0 Å². The maximum absolute atomic E-state index is 4.73. The molecular formula is C20H20N8. The summed E-state index contributed by atoms with van der Waals surface area (Å²) in [5.41, 5.74) is 6.12. The molecule has 5 aromatic rings. The third-order valence-electron chi connectivity index (χ3n) is 5.15. The first kappa shape index (κ1) is 16.6. The lowest BCUT2D eigenvalue weighted by molar-refractivity contribution is 0.780. The van der Waals surface area contributed by atoms with Crippen molar-refractivity contribution in [2.45, 2.75) is 26.7 Å². The fourth-order valence-electron chi connectivity index (χ4n) is 3.68. The molecule has 0 N–H and O–H groups in total. The third kappa shape index (κ3) is 2.57. The van der Waals surface area contributed by atoms with Crippen LogP contribution in [0.15, 0.2) is 42.9 Å². The zero-order valence-corrected chi connectivity index (χ0v) is 16.0. The molecule has 0 fully saturated rings. The van der Waals surface area contributed by atoms with Gasteiger partial charge in [0.15, 0.2) is 17.1 Å². The van der Waals surface area contributed by atoms with Crippen LogP contribution in [0.4, 0.5) is 0 Å². The van der Waals surface area contributed by atoms with E-state index in [0.717, 1.165) is 52.4 Å². The lowest BCUT2D eigenvalue weighted by Crippen LogP contribution is -2.00. The molecule has 0 spiro atoms. The summed E-state index contributed by atoms with van der Waals surface area (Å²) in [5.74, 6) is 0.796. The molecule has 4 heterocycles. The number of para-hydroxylation sites is 1. The van der Waals surface area contributed by atoms with Crippen molar-refractivity contribution < 1.29 is 0 Å². The second kappa shape index (κ2) is 6.26. The van der Waals surface area contributed by atoms with Crippen molar-refractivity contribution in [1.82, 2.24) is 39.1 Å². The summed E-state index contributed by atoms with van der Waals surface area (Å²) in [6.45, 7) is 4.17. The average molecular weight is 372 g/mol. The fourth-order valence-corrected chi connectivity index (χ4v) is 3.68. The summed E-state index contributed by atoms with van der Waals surface area (Å²) in [7, 11) is 1.87. The fraction of sp³-hybridized carbons (Fsp3) is 0.250. The van der Waals surface area contributed by atoms with Gasteiger partial charge in [-0.15, -0.1) is 5.10 Å². The Morgan fingerprint density at radius 2 is 1.79 bits per heavy atom. The van der Waals surface area contributed by atoms with E-state index in [1.165, 1.54) is 5.56 Å². The normalized spacial score (nSPS) is 11.7.